The standard InChI is InChI=1S/C25H19N3O5/c29-24(15-7-2-1-3-8-15)27-21(25(30)31)14-19-18-11-4-5-12-20(18)26-22(19)23(27)16-9-6-10-17(13-16)28(32)33/h1-13,21,23,26H,14H2,(H,30,31)/t21-,23+/m0/s1. The average molecular weight is 441 g/mol. The van der Waals surface area contributed by atoms with Crippen molar-refractivity contribution >= 4 is 28.5 Å². The Morgan fingerprint density at radius 2 is 1.73 bits per heavy atom. The number of hydrogen-bond acceptors (Lipinski definition) is 4. The maximum Gasteiger partial charge on any atom is 0.326 e. The number of amides is 1. The van der Waals surface area contributed by atoms with Crippen LogP contribution in [0.2, 0.25) is 0 Å². The Labute approximate surface area is 188 Å². The molecule has 8 nitrogen and oxygen atoms in total. The smallest absolute Gasteiger partial charge is 0.326 e. The number of carboxylic acid groups (broad SMARTS) is 1. The van der Waals surface area contributed by atoms with Crippen molar-refractivity contribution < 1.29 is 19.6 Å². The van der Waals surface area contributed by atoms with Gasteiger partial charge in [-0.3, -0.25) is 14.9 Å². The number of nitrogens with one attached hydrogen (secondary N) is 1. The normalized spacial score (nSPS) is 17.5. The van der Waals surface area contributed by atoms with Crippen LogP contribution in [0.4, 0.5) is 5.69 Å². The summed E-state index contributed by atoms with van der Waals surface area (Å²) < 4.78 is 0. The number of hydrogen-bond donors (Lipinski definition) is 2. The molecule has 0 spiro atoms. The highest BCUT2D eigenvalue weighted by Crippen LogP contribution is 2.42. The molecule has 0 aliphatic carbocycles. The zero-order valence-electron chi connectivity index (χ0n) is 17.3. The van der Waals surface area contributed by atoms with Gasteiger partial charge in [-0.25, -0.2) is 4.79 Å². The van der Waals surface area contributed by atoms with E-state index in [0.29, 0.717) is 16.8 Å². The number of nitro groups is 1. The van der Waals surface area contributed by atoms with Gasteiger partial charge in [0.1, 0.15) is 6.04 Å². The van der Waals surface area contributed by atoms with Crippen LogP contribution < -0.4 is 0 Å². The predicted molar refractivity (Wildman–Crippen MR) is 121 cm³/mol. The molecule has 0 saturated carbocycles. The number of para-hydroxylation sites is 1. The molecule has 0 radical (unpaired) electrons. The SMILES string of the molecule is O=C(O)[C@@H]1Cc2c([nH]c3ccccc23)[C@@H](c2cccc([N+](=O)[O-])c2)N1C(=O)c1ccccc1. The molecular weight excluding hydrogens is 422 g/mol. The first kappa shape index (κ1) is 20.4. The Morgan fingerprint density at radius 1 is 1.00 bits per heavy atom. The van der Waals surface area contributed by atoms with Crippen LogP contribution in [-0.4, -0.2) is 37.8 Å². The number of H-pyrrole nitrogens is 1. The van der Waals surface area contributed by atoms with Crippen LogP contribution in [0.3, 0.4) is 0 Å². The first-order chi connectivity index (χ1) is 16.0. The number of benzene rings is 3. The minimum atomic E-state index is -1.14. The van der Waals surface area contributed by atoms with Crippen LogP contribution in [0.25, 0.3) is 10.9 Å². The Hall–Kier alpha value is -4.46. The lowest BCUT2D eigenvalue weighted by Crippen LogP contribution is -2.51. The Bertz CT molecular complexity index is 1400. The third-order valence-corrected chi connectivity index (χ3v) is 6.07. The molecule has 3 aromatic carbocycles. The van der Waals surface area contributed by atoms with Crippen molar-refractivity contribution in [2.24, 2.45) is 0 Å². The van der Waals surface area contributed by atoms with Gasteiger partial charge in [0.25, 0.3) is 11.6 Å². The van der Waals surface area contributed by atoms with Crippen molar-refractivity contribution in [3.05, 3.63) is 111 Å². The number of nitro benzene ring substituents is 1. The van der Waals surface area contributed by atoms with Crippen LogP contribution in [0.15, 0.2) is 78.9 Å². The van der Waals surface area contributed by atoms with E-state index in [0.717, 1.165) is 16.5 Å². The van der Waals surface area contributed by atoms with Crippen LogP contribution in [-0.2, 0) is 11.2 Å². The van der Waals surface area contributed by atoms with Crippen LogP contribution in [0.5, 0.6) is 0 Å². The number of fused-ring (bicyclic) bond motifs is 3. The molecule has 0 unspecified atom stereocenters. The lowest BCUT2D eigenvalue weighted by atomic mass is 9.87. The molecule has 2 atom stereocenters. The molecule has 8 heteroatoms. The van der Waals surface area contributed by atoms with Gasteiger partial charge in [0.05, 0.1) is 11.0 Å². The average Bonchev–Trinajstić information content (AvgIpc) is 3.21. The number of aromatic nitrogens is 1. The van der Waals surface area contributed by atoms with Crippen molar-refractivity contribution in [2.45, 2.75) is 18.5 Å². The van der Waals surface area contributed by atoms with E-state index in [4.69, 9.17) is 0 Å². The largest absolute Gasteiger partial charge is 0.480 e. The number of carbonyl (C=O) groups is 2. The summed E-state index contributed by atoms with van der Waals surface area (Å²) >= 11 is 0. The molecule has 0 bridgehead atoms. The number of carbonyl (C=O) groups excluding carboxylic acids is 1. The van der Waals surface area contributed by atoms with Gasteiger partial charge in [0.15, 0.2) is 0 Å². The Morgan fingerprint density at radius 3 is 2.45 bits per heavy atom. The maximum absolute atomic E-state index is 13.7. The third kappa shape index (κ3) is 3.41. The minimum absolute atomic E-state index is 0.124. The fourth-order valence-corrected chi connectivity index (χ4v) is 4.62. The molecule has 1 aliphatic rings. The van der Waals surface area contributed by atoms with Crippen molar-refractivity contribution in [3.8, 4) is 0 Å². The Balaban J connectivity index is 1.77. The van der Waals surface area contributed by atoms with E-state index >= 15 is 0 Å². The fourth-order valence-electron chi connectivity index (χ4n) is 4.62. The van der Waals surface area contributed by atoms with Gasteiger partial charge in [-0.15, -0.1) is 0 Å². The van der Waals surface area contributed by atoms with Crippen LogP contribution in [0.1, 0.15) is 33.2 Å². The van der Waals surface area contributed by atoms with Gasteiger partial charge >= 0.3 is 5.97 Å². The first-order valence-corrected chi connectivity index (χ1v) is 10.4. The predicted octanol–water partition coefficient (Wildman–Crippen LogP) is 4.32. The van der Waals surface area contributed by atoms with Crippen molar-refractivity contribution in [2.75, 3.05) is 0 Å². The molecule has 4 aromatic rings. The lowest BCUT2D eigenvalue weighted by Gasteiger charge is -2.40. The number of non-ortho nitro benzene ring substituents is 1. The summed E-state index contributed by atoms with van der Waals surface area (Å²) in [6.07, 6.45) is 0.124. The second-order valence-electron chi connectivity index (χ2n) is 7.95. The third-order valence-electron chi connectivity index (χ3n) is 6.07. The zero-order chi connectivity index (χ0) is 23.1. The number of aromatic amines is 1. The van der Waals surface area contributed by atoms with E-state index in [9.17, 15) is 24.8 Å². The molecule has 1 amide bonds. The van der Waals surface area contributed by atoms with E-state index in [1.165, 1.54) is 17.0 Å². The first-order valence-electron chi connectivity index (χ1n) is 10.4. The maximum atomic E-state index is 13.7. The summed E-state index contributed by atoms with van der Waals surface area (Å²) in [7, 11) is 0. The number of aliphatic carboxylic acids is 1. The van der Waals surface area contributed by atoms with Gasteiger partial charge in [0, 0.05) is 40.7 Å². The van der Waals surface area contributed by atoms with Gasteiger partial charge in [-0.1, -0.05) is 48.5 Å². The summed E-state index contributed by atoms with van der Waals surface area (Å²) in [6, 6.07) is 20.0. The van der Waals surface area contributed by atoms with E-state index in [2.05, 4.69) is 4.98 Å². The van der Waals surface area contributed by atoms with Crippen molar-refractivity contribution in [1.29, 1.82) is 0 Å². The quantitative estimate of drug-likeness (QED) is 0.361. The van der Waals surface area contributed by atoms with E-state index < -0.39 is 28.9 Å². The summed E-state index contributed by atoms with van der Waals surface area (Å²) in [6.45, 7) is 0. The van der Waals surface area contributed by atoms with E-state index in [-0.39, 0.29) is 12.1 Å². The summed E-state index contributed by atoms with van der Waals surface area (Å²) in [5, 5.41) is 22.5. The highest BCUT2D eigenvalue weighted by molar-refractivity contribution is 5.98. The molecule has 0 fully saturated rings. The van der Waals surface area contributed by atoms with E-state index in [1.54, 1.807) is 42.5 Å². The number of nitrogens with zero attached hydrogens (tertiary/aromatic N) is 2. The molecule has 2 heterocycles. The highest BCUT2D eigenvalue weighted by Gasteiger charge is 2.44. The zero-order valence-corrected chi connectivity index (χ0v) is 17.3. The summed E-state index contributed by atoms with van der Waals surface area (Å²) in [5.74, 6) is -1.59. The highest BCUT2D eigenvalue weighted by atomic mass is 16.6. The Kier molecular flexibility index (Phi) is 4.90. The second kappa shape index (κ2) is 7.90. The number of rotatable bonds is 4. The van der Waals surface area contributed by atoms with Crippen LogP contribution in [0, 0.1) is 10.1 Å². The monoisotopic (exact) mass is 441 g/mol. The molecule has 164 valence electrons. The molecule has 0 saturated heterocycles. The summed E-state index contributed by atoms with van der Waals surface area (Å²) in [4.78, 5) is 41.7. The molecular formula is C25H19N3O5. The molecule has 1 aromatic heterocycles. The van der Waals surface area contributed by atoms with Gasteiger partial charge < -0.3 is 15.0 Å². The second-order valence-corrected chi connectivity index (χ2v) is 7.95. The molecule has 2 N–H and O–H groups in total. The van der Waals surface area contributed by atoms with Crippen LogP contribution >= 0.6 is 0 Å². The van der Waals surface area contributed by atoms with Gasteiger partial charge in [-0.2, -0.15) is 0 Å². The molecule has 5 rings (SSSR count). The lowest BCUT2D eigenvalue weighted by molar-refractivity contribution is -0.384. The summed E-state index contributed by atoms with van der Waals surface area (Å²) in [5.41, 5.74) is 2.96. The minimum Gasteiger partial charge on any atom is -0.480 e. The van der Waals surface area contributed by atoms with Crippen molar-refractivity contribution in [3.63, 3.8) is 0 Å². The molecule has 1 aliphatic heterocycles. The van der Waals surface area contributed by atoms with Crippen molar-refractivity contribution in [1.82, 2.24) is 9.88 Å². The topological polar surface area (TPSA) is 117 Å². The van der Waals surface area contributed by atoms with E-state index in [1.807, 2.05) is 24.3 Å². The van der Waals surface area contributed by atoms with Gasteiger partial charge in [-0.05, 0) is 29.3 Å². The van der Waals surface area contributed by atoms with Gasteiger partial charge in [0.2, 0.25) is 0 Å². The number of carboxylic acids is 1. The molecule has 33 heavy (non-hydrogen) atoms. The fraction of sp³-hybridized carbons (Fsp3) is 0.120.